The van der Waals surface area contributed by atoms with Crippen molar-refractivity contribution in [3.05, 3.63) is 71.4 Å². The Kier molecular flexibility index (Phi) is 6.77. The molecule has 33 heavy (non-hydrogen) atoms. The Balaban J connectivity index is 1.52. The van der Waals surface area contributed by atoms with E-state index in [-0.39, 0.29) is 18.7 Å². The number of para-hydroxylation sites is 1. The fourth-order valence-corrected chi connectivity index (χ4v) is 4.61. The molecule has 1 aromatic heterocycles. The minimum atomic E-state index is -0.620. The van der Waals surface area contributed by atoms with Crippen molar-refractivity contribution in [1.29, 1.82) is 0 Å². The van der Waals surface area contributed by atoms with Crippen LogP contribution in [0.5, 0.6) is 0 Å². The molecule has 0 radical (unpaired) electrons. The van der Waals surface area contributed by atoms with Gasteiger partial charge in [0, 0.05) is 36.7 Å². The standard InChI is InChI=1S/C27H35N3O3/c1-19-8-7-9-20(14-19)16-29(13-12-21-15-28-23-11-6-5-10-22(21)23)24-17-30(18-25(24)31)26(32)33-27(2,3)4/h5-11,14-15,24-25,28,31H,12-13,16-18H2,1-4H3/t24-,25-/m1/s1. The molecule has 1 saturated heterocycles. The molecule has 2 N–H and O–H groups in total. The van der Waals surface area contributed by atoms with Gasteiger partial charge in [0.25, 0.3) is 0 Å². The van der Waals surface area contributed by atoms with Crippen LogP contribution in [0.25, 0.3) is 10.9 Å². The third kappa shape index (κ3) is 5.75. The Bertz CT molecular complexity index is 1100. The van der Waals surface area contributed by atoms with Gasteiger partial charge in [-0.05, 0) is 51.3 Å². The molecule has 1 amide bonds. The van der Waals surface area contributed by atoms with Crippen LogP contribution in [0.4, 0.5) is 4.79 Å². The van der Waals surface area contributed by atoms with Crippen molar-refractivity contribution in [3.8, 4) is 0 Å². The summed E-state index contributed by atoms with van der Waals surface area (Å²) in [4.78, 5) is 19.9. The number of amides is 1. The highest BCUT2D eigenvalue weighted by Crippen LogP contribution is 2.24. The molecule has 6 heteroatoms. The number of likely N-dealkylation sites (tertiary alicyclic amines) is 1. The number of aliphatic hydroxyl groups excluding tert-OH is 1. The van der Waals surface area contributed by atoms with Gasteiger partial charge >= 0.3 is 6.09 Å². The second-order valence-electron chi connectivity index (χ2n) is 10.1. The highest BCUT2D eigenvalue weighted by atomic mass is 16.6. The lowest BCUT2D eigenvalue weighted by molar-refractivity contribution is 0.0269. The fraction of sp³-hybridized carbons (Fsp3) is 0.444. The molecule has 0 spiro atoms. The number of nitrogens with zero attached hydrogens (tertiary/aromatic N) is 2. The lowest BCUT2D eigenvalue weighted by Gasteiger charge is -2.31. The number of hydrogen-bond acceptors (Lipinski definition) is 4. The number of aliphatic hydroxyl groups is 1. The topological polar surface area (TPSA) is 68.8 Å². The number of β-amino-alcohol motifs (C(OH)–C–C–N with tert-alkyl or cyclic N) is 1. The Morgan fingerprint density at radius 1 is 1.18 bits per heavy atom. The van der Waals surface area contributed by atoms with Gasteiger partial charge in [0.15, 0.2) is 0 Å². The van der Waals surface area contributed by atoms with Crippen LogP contribution in [0.1, 0.15) is 37.5 Å². The van der Waals surface area contributed by atoms with Crippen molar-refractivity contribution in [2.24, 2.45) is 0 Å². The van der Waals surface area contributed by atoms with Crippen LogP contribution in [-0.2, 0) is 17.7 Å². The van der Waals surface area contributed by atoms with E-state index >= 15 is 0 Å². The van der Waals surface area contributed by atoms with Gasteiger partial charge in [0.1, 0.15) is 5.60 Å². The van der Waals surface area contributed by atoms with Crippen molar-refractivity contribution in [3.63, 3.8) is 0 Å². The van der Waals surface area contributed by atoms with Crippen LogP contribution in [0, 0.1) is 6.92 Å². The second-order valence-corrected chi connectivity index (χ2v) is 10.1. The van der Waals surface area contributed by atoms with E-state index in [4.69, 9.17) is 4.74 Å². The SMILES string of the molecule is Cc1cccc(CN(CCc2c[nH]c3ccccc23)[C@@H]2CN(C(=O)OC(C)(C)C)C[C@H]2O)c1. The molecule has 2 aromatic carbocycles. The van der Waals surface area contributed by atoms with E-state index in [0.29, 0.717) is 13.1 Å². The Labute approximate surface area is 196 Å². The number of fused-ring (bicyclic) bond motifs is 1. The molecule has 176 valence electrons. The Morgan fingerprint density at radius 3 is 2.73 bits per heavy atom. The second kappa shape index (κ2) is 9.57. The van der Waals surface area contributed by atoms with E-state index in [2.05, 4.69) is 65.5 Å². The molecule has 3 aromatic rings. The summed E-state index contributed by atoms with van der Waals surface area (Å²) in [5, 5.41) is 12.2. The maximum atomic E-state index is 12.6. The summed E-state index contributed by atoms with van der Waals surface area (Å²) in [5.41, 5.74) is 4.26. The minimum Gasteiger partial charge on any atom is -0.444 e. The number of aromatic nitrogens is 1. The summed E-state index contributed by atoms with van der Waals surface area (Å²) in [6.45, 7) is 9.91. The predicted molar refractivity (Wildman–Crippen MR) is 131 cm³/mol. The number of rotatable bonds is 6. The molecular weight excluding hydrogens is 414 g/mol. The maximum absolute atomic E-state index is 12.6. The van der Waals surface area contributed by atoms with E-state index in [1.165, 1.54) is 22.1 Å². The number of benzene rings is 2. The number of nitrogens with one attached hydrogen (secondary N) is 1. The van der Waals surface area contributed by atoms with Gasteiger partial charge in [-0.2, -0.15) is 0 Å². The van der Waals surface area contributed by atoms with Crippen molar-refractivity contribution in [1.82, 2.24) is 14.8 Å². The van der Waals surface area contributed by atoms with Crippen LogP contribution in [0.3, 0.4) is 0 Å². The van der Waals surface area contributed by atoms with Crippen LogP contribution in [0.2, 0.25) is 0 Å². The monoisotopic (exact) mass is 449 g/mol. The zero-order valence-electron chi connectivity index (χ0n) is 20.0. The van der Waals surface area contributed by atoms with Crippen LogP contribution < -0.4 is 0 Å². The third-order valence-corrected chi connectivity index (χ3v) is 6.19. The van der Waals surface area contributed by atoms with Gasteiger partial charge < -0.3 is 19.7 Å². The first-order valence-electron chi connectivity index (χ1n) is 11.7. The maximum Gasteiger partial charge on any atom is 0.410 e. The third-order valence-electron chi connectivity index (χ3n) is 6.19. The number of aromatic amines is 1. The highest BCUT2D eigenvalue weighted by Gasteiger charge is 2.39. The summed E-state index contributed by atoms with van der Waals surface area (Å²) in [7, 11) is 0. The van der Waals surface area contributed by atoms with Gasteiger partial charge in [0.2, 0.25) is 0 Å². The first-order chi connectivity index (χ1) is 15.7. The van der Waals surface area contributed by atoms with Crippen LogP contribution >= 0.6 is 0 Å². The minimum absolute atomic E-state index is 0.150. The first-order valence-corrected chi connectivity index (χ1v) is 11.7. The highest BCUT2D eigenvalue weighted by molar-refractivity contribution is 5.83. The van der Waals surface area contributed by atoms with Crippen molar-refractivity contribution in [2.45, 2.75) is 58.4 Å². The van der Waals surface area contributed by atoms with Crippen LogP contribution in [0.15, 0.2) is 54.7 Å². The normalized spacial score (nSPS) is 18.9. The quantitative estimate of drug-likeness (QED) is 0.581. The van der Waals surface area contributed by atoms with Gasteiger partial charge in [-0.15, -0.1) is 0 Å². The van der Waals surface area contributed by atoms with Gasteiger partial charge in [-0.3, -0.25) is 4.90 Å². The first kappa shape index (κ1) is 23.3. The van der Waals surface area contributed by atoms with Gasteiger partial charge in [-0.1, -0.05) is 48.0 Å². The van der Waals surface area contributed by atoms with Crippen molar-refractivity contribution in [2.75, 3.05) is 19.6 Å². The largest absolute Gasteiger partial charge is 0.444 e. The molecule has 0 aliphatic carbocycles. The lowest BCUT2D eigenvalue weighted by atomic mass is 10.1. The van der Waals surface area contributed by atoms with E-state index in [0.717, 1.165) is 18.5 Å². The predicted octanol–water partition coefficient (Wildman–Crippen LogP) is 4.50. The molecule has 0 saturated carbocycles. The molecule has 2 heterocycles. The summed E-state index contributed by atoms with van der Waals surface area (Å²) in [5.74, 6) is 0. The molecule has 2 atom stereocenters. The molecule has 0 bridgehead atoms. The molecule has 1 aliphatic rings. The molecule has 1 aliphatic heterocycles. The summed E-state index contributed by atoms with van der Waals surface area (Å²) in [6.07, 6.45) is 1.94. The van der Waals surface area contributed by atoms with E-state index in [1.807, 2.05) is 26.8 Å². The summed E-state index contributed by atoms with van der Waals surface area (Å²) >= 11 is 0. The molecule has 6 nitrogen and oxygen atoms in total. The van der Waals surface area contributed by atoms with Crippen molar-refractivity contribution < 1.29 is 14.6 Å². The van der Waals surface area contributed by atoms with Crippen molar-refractivity contribution >= 4 is 17.0 Å². The average Bonchev–Trinajstić information content (AvgIpc) is 3.34. The average molecular weight is 450 g/mol. The van der Waals surface area contributed by atoms with E-state index in [9.17, 15) is 9.90 Å². The lowest BCUT2D eigenvalue weighted by Crippen LogP contribution is -2.44. The van der Waals surface area contributed by atoms with E-state index < -0.39 is 11.7 Å². The van der Waals surface area contributed by atoms with Crippen LogP contribution in [-0.4, -0.2) is 63.4 Å². The number of hydrogen-bond donors (Lipinski definition) is 2. The number of aryl methyl sites for hydroxylation is 1. The molecule has 0 unspecified atom stereocenters. The number of H-pyrrole nitrogens is 1. The Morgan fingerprint density at radius 2 is 1.97 bits per heavy atom. The zero-order valence-corrected chi connectivity index (χ0v) is 20.0. The summed E-state index contributed by atoms with van der Waals surface area (Å²) < 4.78 is 5.55. The number of carbonyl (C=O) groups excluding carboxylic acids is 1. The van der Waals surface area contributed by atoms with Gasteiger partial charge in [-0.25, -0.2) is 4.79 Å². The summed E-state index contributed by atoms with van der Waals surface area (Å²) in [6, 6.07) is 16.6. The van der Waals surface area contributed by atoms with Gasteiger partial charge in [0.05, 0.1) is 18.7 Å². The number of carbonyl (C=O) groups is 1. The zero-order chi connectivity index (χ0) is 23.6. The molecular formula is C27H35N3O3. The van der Waals surface area contributed by atoms with E-state index in [1.54, 1.807) is 4.90 Å². The molecule has 1 fully saturated rings. The fourth-order valence-electron chi connectivity index (χ4n) is 4.61. The number of ether oxygens (including phenoxy) is 1. The molecule has 4 rings (SSSR count). The smallest absolute Gasteiger partial charge is 0.410 e. The Hall–Kier alpha value is -2.83.